The Morgan fingerprint density at radius 1 is 1.24 bits per heavy atom. The summed E-state index contributed by atoms with van der Waals surface area (Å²) >= 11 is 0. The molecule has 0 aliphatic carbocycles. The van der Waals surface area contributed by atoms with Crippen LogP contribution in [-0.4, -0.2) is 55.5 Å². The van der Waals surface area contributed by atoms with Crippen LogP contribution in [0.2, 0.25) is 0 Å². The van der Waals surface area contributed by atoms with Crippen LogP contribution in [0.5, 0.6) is 0 Å². The number of benzene rings is 1. The first-order chi connectivity index (χ1) is 13.6. The number of hydrogen-bond donors (Lipinski definition) is 0. The number of nitrogens with zero attached hydrogens (tertiary/aromatic N) is 1. The van der Waals surface area contributed by atoms with Gasteiger partial charge in [-0.05, 0) is 24.5 Å². The number of carbonyl (C=O) groups is 3. The third-order valence-electron chi connectivity index (χ3n) is 4.47. The molecule has 29 heavy (non-hydrogen) atoms. The van der Waals surface area contributed by atoms with Gasteiger partial charge in [0.1, 0.15) is 6.61 Å². The molecule has 1 aromatic rings. The molecular weight excluding hydrogens is 381 g/mol. The van der Waals surface area contributed by atoms with Crippen molar-refractivity contribution < 1.29 is 54.8 Å². The molecule has 0 aromatic heterocycles. The monoisotopic (exact) mass is 409 g/mol. The zero-order valence-corrected chi connectivity index (χ0v) is 19.2. The molecule has 2 rings (SSSR count). The Bertz CT molecular complexity index is 723. The maximum atomic E-state index is 12.3. The fourth-order valence-corrected chi connectivity index (χ4v) is 2.98. The quantitative estimate of drug-likeness (QED) is 0.173. The summed E-state index contributed by atoms with van der Waals surface area (Å²) in [5.74, 6) is -0.322. The van der Waals surface area contributed by atoms with Gasteiger partial charge in [-0.2, -0.15) is 0 Å². The summed E-state index contributed by atoms with van der Waals surface area (Å²) in [5, 5.41) is 0. The van der Waals surface area contributed by atoms with Gasteiger partial charge in [-0.15, -0.1) is 0 Å². The molecule has 1 aliphatic heterocycles. The summed E-state index contributed by atoms with van der Waals surface area (Å²) < 4.78 is 9.63. The second-order valence-electron chi connectivity index (χ2n) is 6.56. The number of ketones is 1. The molecule has 1 amide bonds. The van der Waals surface area contributed by atoms with Crippen molar-refractivity contribution in [3.8, 4) is 0 Å². The molecule has 7 heteroatoms. The Balaban J connectivity index is 0.00000420. The Labute approximate surface area is 195 Å². The van der Waals surface area contributed by atoms with Crippen LogP contribution < -0.4 is 29.6 Å². The van der Waals surface area contributed by atoms with Gasteiger partial charge in [0.05, 0.1) is 19.8 Å². The molecule has 1 saturated heterocycles. The maximum Gasteiger partial charge on any atom is 1.00 e. The van der Waals surface area contributed by atoms with Crippen LogP contribution in [0.3, 0.4) is 0 Å². The van der Waals surface area contributed by atoms with Crippen molar-refractivity contribution in [2.45, 2.75) is 31.7 Å². The van der Waals surface area contributed by atoms with Gasteiger partial charge in [-0.1, -0.05) is 48.6 Å². The van der Waals surface area contributed by atoms with Crippen LogP contribution in [0, 0.1) is 0 Å². The summed E-state index contributed by atoms with van der Waals surface area (Å²) in [6, 6.07) is 9.51. The molecule has 0 bridgehead atoms. The predicted molar refractivity (Wildman–Crippen MR) is 107 cm³/mol. The SMILES string of the molecule is COC(=O)COC/C=C\CN1C(=O)CCC[C@@H]1/C=C/C(=O)Cc1ccccc1.[H-].[Na+]. The van der Waals surface area contributed by atoms with Crippen molar-refractivity contribution in [2.75, 3.05) is 26.9 Å². The number of likely N-dealkylation sites (tertiary alicyclic amines) is 1. The number of esters is 1. The molecule has 1 aromatic carbocycles. The summed E-state index contributed by atoms with van der Waals surface area (Å²) in [4.78, 5) is 37.2. The second kappa shape index (κ2) is 14.3. The minimum Gasteiger partial charge on any atom is -1.00 e. The Kier molecular flexibility index (Phi) is 12.5. The number of hydrogen-bond acceptors (Lipinski definition) is 5. The molecule has 1 atom stereocenters. The van der Waals surface area contributed by atoms with Crippen molar-refractivity contribution >= 4 is 17.7 Å². The van der Waals surface area contributed by atoms with E-state index in [-0.39, 0.29) is 61.9 Å². The molecule has 0 saturated carbocycles. The Morgan fingerprint density at radius 2 is 2.00 bits per heavy atom. The first-order valence-corrected chi connectivity index (χ1v) is 9.44. The number of amides is 1. The number of allylic oxidation sites excluding steroid dienone is 1. The third kappa shape index (κ3) is 9.54. The molecule has 0 N–H and O–H groups in total. The standard InChI is InChI=1S/C22H27NO5.Na.H/c1-27-22(26)17-28-15-6-5-14-23-19(10-7-11-21(23)25)12-13-20(24)16-18-8-3-2-4-9-18;;/h2-6,8-9,12-13,19H,7,10-11,14-17H2,1H3;;/q;+1;-1/b6-5-,13-12+;;/t19-;;/m1../s1. The average Bonchev–Trinajstić information content (AvgIpc) is 2.70. The largest absolute Gasteiger partial charge is 1.00 e. The molecule has 0 unspecified atom stereocenters. The number of rotatable bonds is 10. The van der Waals surface area contributed by atoms with Crippen molar-refractivity contribution in [1.29, 1.82) is 0 Å². The summed E-state index contributed by atoms with van der Waals surface area (Å²) in [7, 11) is 1.31. The van der Waals surface area contributed by atoms with E-state index >= 15 is 0 Å². The first kappa shape index (κ1) is 25.3. The van der Waals surface area contributed by atoms with E-state index in [0.29, 0.717) is 19.4 Å². The minimum absolute atomic E-state index is 0. The summed E-state index contributed by atoms with van der Waals surface area (Å²) in [6.07, 6.45) is 9.58. The minimum atomic E-state index is -0.426. The topological polar surface area (TPSA) is 72.9 Å². The van der Waals surface area contributed by atoms with Crippen LogP contribution in [0.1, 0.15) is 26.3 Å². The van der Waals surface area contributed by atoms with Gasteiger partial charge >= 0.3 is 35.5 Å². The predicted octanol–water partition coefficient (Wildman–Crippen LogP) is -0.402. The van der Waals surface area contributed by atoms with Gasteiger partial charge in [0.25, 0.3) is 0 Å². The van der Waals surface area contributed by atoms with Crippen LogP contribution >= 0.6 is 0 Å². The van der Waals surface area contributed by atoms with E-state index in [2.05, 4.69) is 4.74 Å². The van der Waals surface area contributed by atoms with E-state index < -0.39 is 5.97 Å². The third-order valence-corrected chi connectivity index (χ3v) is 4.47. The molecule has 6 nitrogen and oxygen atoms in total. The van der Waals surface area contributed by atoms with Crippen molar-refractivity contribution in [3.05, 3.63) is 60.2 Å². The van der Waals surface area contributed by atoms with Crippen LogP contribution in [0.4, 0.5) is 0 Å². The normalized spacial score (nSPS) is 16.8. The van der Waals surface area contributed by atoms with Gasteiger partial charge in [0.15, 0.2) is 5.78 Å². The Hall–Kier alpha value is -1.73. The van der Waals surface area contributed by atoms with Gasteiger partial charge < -0.3 is 15.8 Å². The Morgan fingerprint density at radius 3 is 2.72 bits per heavy atom. The van der Waals surface area contributed by atoms with Crippen molar-refractivity contribution in [2.24, 2.45) is 0 Å². The number of methoxy groups -OCH3 is 1. The summed E-state index contributed by atoms with van der Waals surface area (Å²) in [5.41, 5.74) is 0.976. The molecule has 1 heterocycles. The van der Waals surface area contributed by atoms with E-state index in [4.69, 9.17) is 4.74 Å². The van der Waals surface area contributed by atoms with Gasteiger partial charge in [0.2, 0.25) is 5.91 Å². The van der Waals surface area contributed by atoms with E-state index in [1.54, 1.807) is 17.1 Å². The average molecular weight is 409 g/mol. The van der Waals surface area contributed by atoms with Crippen LogP contribution in [0.25, 0.3) is 0 Å². The van der Waals surface area contributed by atoms with E-state index in [1.807, 2.05) is 42.5 Å². The number of carbonyl (C=O) groups excluding carboxylic acids is 3. The van der Waals surface area contributed by atoms with Crippen LogP contribution in [-0.2, 0) is 30.3 Å². The van der Waals surface area contributed by atoms with Crippen LogP contribution in [0.15, 0.2) is 54.6 Å². The smallest absolute Gasteiger partial charge is 1.00 e. The number of ether oxygens (including phenoxy) is 2. The fourth-order valence-electron chi connectivity index (χ4n) is 2.98. The van der Waals surface area contributed by atoms with Gasteiger partial charge in [-0.25, -0.2) is 4.79 Å². The van der Waals surface area contributed by atoms with Crippen molar-refractivity contribution in [3.63, 3.8) is 0 Å². The van der Waals surface area contributed by atoms with E-state index in [1.165, 1.54) is 7.11 Å². The van der Waals surface area contributed by atoms with Gasteiger partial charge in [-0.3, -0.25) is 9.59 Å². The molecule has 0 radical (unpaired) electrons. The first-order valence-electron chi connectivity index (χ1n) is 9.44. The van der Waals surface area contributed by atoms with E-state index in [9.17, 15) is 14.4 Å². The van der Waals surface area contributed by atoms with E-state index in [0.717, 1.165) is 18.4 Å². The zero-order chi connectivity index (χ0) is 20.2. The summed E-state index contributed by atoms with van der Waals surface area (Å²) in [6.45, 7) is 0.619. The second-order valence-corrected chi connectivity index (χ2v) is 6.56. The fraction of sp³-hybridized carbons (Fsp3) is 0.409. The maximum absolute atomic E-state index is 12.3. The molecule has 1 aliphatic rings. The number of piperidine rings is 1. The molecule has 0 spiro atoms. The molecular formula is C22H28NNaO5. The molecule has 1 fully saturated rings. The zero-order valence-electron chi connectivity index (χ0n) is 18.2. The van der Waals surface area contributed by atoms with Gasteiger partial charge in [0, 0.05) is 19.4 Å². The molecule has 152 valence electrons. The van der Waals surface area contributed by atoms with Crippen molar-refractivity contribution in [1.82, 2.24) is 4.90 Å².